The lowest BCUT2D eigenvalue weighted by molar-refractivity contribution is 0.793. The van der Waals surface area contributed by atoms with Crippen molar-refractivity contribution in [2.24, 2.45) is 0 Å². The van der Waals surface area contributed by atoms with Gasteiger partial charge >= 0.3 is 0 Å². The first-order chi connectivity index (χ1) is 8.79. The number of rotatable bonds is 5. The van der Waals surface area contributed by atoms with Gasteiger partial charge in [-0.2, -0.15) is 0 Å². The molecule has 0 radical (unpaired) electrons. The molecule has 0 saturated carbocycles. The molecule has 18 heavy (non-hydrogen) atoms. The van der Waals surface area contributed by atoms with Gasteiger partial charge in [0, 0.05) is 18.1 Å². The molecule has 2 aromatic rings. The van der Waals surface area contributed by atoms with Gasteiger partial charge in [-0.05, 0) is 37.1 Å². The van der Waals surface area contributed by atoms with Crippen LogP contribution in [0.3, 0.4) is 0 Å². The molecule has 0 bridgehead atoms. The van der Waals surface area contributed by atoms with Gasteiger partial charge in [-0.25, -0.2) is 0 Å². The Balaban J connectivity index is 2.16. The van der Waals surface area contributed by atoms with E-state index in [1.54, 1.807) is 6.20 Å². The summed E-state index contributed by atoms with van der Waals surface area (Å²) in [5.41, 5.74) is 3.57. The number of aromatic nitrogens is 1. The summed E-state index contributed by atoms with van der Waals surface area (Å²) in [6.07, 6.45) is 6.49. The van der Waals surface area contributed by atoms with Gasteiger partial charge in [0.2, 0.25) is 0 Å². The normalized spacial score (nSPS) is 11.8. The molecule has 92 valence electrons. The van der Waals surface area contributed by atoms with Crippen molar-refractivity contribution >= 4 is 5.69 Å². The Labute approximate surface area is 108 Å². The molecule has 1 aromatic heterocycles. The van der Waals surface area contributed by atoms with Gasteiger partial charge in [0.05, 0.1) is 6.04 Å². The maximum atomic E-state index is 4.17. The molecule has 1 N–H and O–H groups in total. The van der Waals surface area contributed by atoms with Crippen molar-refractivity contribution in [3.05, 3.63) is 72.6 Å². The van der Waals surface area contributed by atoms with Crippen LogP contribution in [0.15, 0.2) is 61.4 Å². The number of hydrogen-bond acceptors (Lipinski definition) is 2. The van der Waals surface area contributed by atoms with E-state index >= 15 is 0 Å². The molecule has 0 aliphatic rings. The highest BCUT2D eigenvalue weighted by Gasteiger charge is 2.09. The lowest BCUT2D eigenvalue weighted by atomic mass is 10.1. The molecule has 1 heterocycles. The van der Waals surface area contributed by atoms with Crippen LogP contribution >= 0.6 is 0 Å². The van der Waals surface area contributed by atoms with Crippen molar-refractivity contribution in [2.45, 2.75) is 19.4 Å². The zero-order valence-electron chi connectivity index (χ0n) is 10.6. The van der Waals surface area contributed by atoms with E-state index in [2.05, 4.69) is 54.1 Å². The maximum Gasteiger partial charge on any atom is 0.0563 e. The summed E-state index contributed by atoms with van der Waals surface area (Å²) >= 11 is 0. The lowest BCUT2D eigenvalue weighted by Crippen LogP contribution is -2.10. The van der Waals surface area contributed by atoms with Crippen LogP contribution in [0.5, 0.6) is 0 Å². The molecule has 0 spiro atoms. The van der Waals surface area contributed by atoms with Crippen LogP contribution in [-0.4, -0.2) is 4.98 Å². The first kappa shape index (κ1) is 12.4. The van der Waals surface area contributed by atoms with Gasteiger partial charge in [-0.3, -0.25) is 4.98 Å². The molecule has 2 rings (SSSR count). The molecular weight excluding hydrogens is 220 g/mol. The van der Waals surface area contributed by atoms with Gasteiger partial charge < -0.3 is 5.32 Å². The zero-order valence-corrected chi connectivity index (χ0v) is 10.6. The maximum absolute atomic E-state index is 4.17. The van der Waals surface area contributed by atoms with E-state index in [1.165, 1.54) is 11.1 Å². The lowest BCUT2D eigenvalue weighted by Gasteiger charge is -2.18. The molecule has 1 atom stereocenters. The van der Waals surface area contributed by atoms with Crippen molar-refractivity contribution in [3.8, 4) is 0 Å². The number of nitrogens with zero attached hydrogens (tertiary/aromatic N) is 1. The van der Waals surface area contributed by atoms with Crippen LogP contribution < -0.4 is 5.32 Å². The van der Waals surface area contributed by atoms with Crippen LogP contribution in [0.25, 0.3) is 0 Å². The summed E-state index contributed by atoms with van der Waals surface area (Å²) in [7, 11) is 0. The van der Waals surface area contributed by atoms with Crippen LogP contribution in [0.4, 0.5) is 5.69 Å². The monoisotopic (exact) mass is 238 g/mol. The predicted octanol–water partition coefficient (Wildman–Crippen LogP) is 4.12. The molecule has 0 fully saturated rings. The Hall–Kier alpha value is -2.09. The number of aryl methyl sites for hydroxylation is 1. The van der Waals surface area contributed by atoms with Crippen LogP contribution in [0.1, 0.15) is 23.6 Å². The molecule has 0 amide bonds. The van der Waals surface area contributed by atoms with Crippen LogP contribution in [0, 0.1) is 6.92 Å². The van der Waals surface area contributed by atoms with Crippen molar-refractivity contribution in [1.29, 1.82) is 0 Å². The minimum Gasteiger partial charge on any atom is -0.378 e. The molecular formula is C16H18N2. The first-order valence-corrected chi connectivity index (χ1v) is 6.13. The summed E-state index contributed by atoms with van der Waals surface area (Å²) < 4.78 is 0. The molecule has 0 aliphatic heterocycles. The van der Waals surface area contributed by atoms with Crippen molar-refractivity contribution < 1.29 is 0 Å². The van der Waals surface area contributed by atoms with E-state index in [4.69, 9.17) is 0 Å². The van der Waals surface area contributed by atoms with E-state index in [0.29, 0.717) is 0 Å². The molecule has 2 nitrogen and oxygen atoms in total. The Morgan fingerprint density at radius 1 is 1.28 bits per heavy atom. The molecule has 0 saturated heterocycles. The Kier molecular flexibility index (Phi) is 4.13. The number of anilines is 1. The van der Waals surface area contributed by atoms with E-state index in [9.17, 15) is 0 Å². The van der Waals surface area contributed by atoms with Crippen molar-refractivity contribution in [3.63, 3.8) is 0 Å². The molecule has 1 unspecified atom stereocenters. The summed E-state index contributed by atoms with van der Waals surface area (Å²) in [5.74, 6) is 0. The van der Waals surface area contributed by atoms with E-state index in [1.807, 2.05) is 18.3 Å². The molecule has 1 aromatic carbocycles. The Morgan fingerprint density at radius 2 is 2.06 bits per heavy atom. The van der Waals surface area contributed by atoms with Crippen molar-refractivity contribution in [1.82, 2.24) is 4.98 Å². The van der Waals surface area contributed by atoms with E-state index in [0.717, 1.165) is 12.1 Å². The minimum atomic E-state index is 0.221. The smallest absolute Gasteiger partial charge is 0.0563 e. The van der Waals surface area contributed by atoms with Gasteiger partial charge in [0.1, 0.15) is 0 Å². The van der Waals surface area contributed by atoms with Gasteiger partial charge in [-0.15, -0.1) is 6.58 Å². The third-order valence-corrected chi connectivity index (χ3v) is 2.88. The second kappa shape index (κ2) is 6.01. The average Bonchev–Trinajstić information content (AvgIpc) is 2.42. The second-order valence-electron chi connectivity index (χ2n) is 4.37. The number of benzene rings is 1. The topological polar surface area (TPSA) is 24.9 Å². The quantitative estimate of drug-likeness (QED) is 0.793. The Bertz CT molecular complexity index is 488. The van der Waals surface area contributed by atoms with E-state index in [-0.39, 0.29) is 6.04 Å². The average molecular weight is 238 g/mol. The summed E-state index contributed by atoms with van der Waals surface area (Å²) in [5, 5.41) is 3.51. The summed E-state index contributed by atoms with van der Waals surface area (Å²) in [6, 6.07) is 12.7. The minimum absolute atomic E-state index is 0.221. The second-order valence-corrected chi connectivity index (χ2v) is 4.37. The largest absolute Gasteiger partial charge is 0.378 e. The molecule has 0 aliphatic carbocycles. The number of pyridine rings is 1. The zero-order chi connectivity index (χ0) is 12.8. The fourth-order valence-corrected chi connectivity index (χ4v) is 1.88. The third kappa shape index (κ3) is 3.20. The van der Waals surface area contributed by atoms with Crippen LogP contribution in [-0.2, 0) is 0 Å². The summed E-state index contributed by atoms with van der Waals surface area (Å²) in [6.45, 7) is 5.91. The van der Waals surface area contributed by atoms with Crippen molar-refractivity contribution in [2.75, 3.05) is 5.32 Å². The highest BCUT2D eigenvalue weighted by atomic mass is 14.9. The number of nitrogens with one attached hydrogen (secondary N) is 1. The fraction of sp³-hybridized carbons (Fsp3) is 0.188. The predicted molar refractivity (Wildman–Crippen MR) is 76.6 cm³/mol. The third-order valence-electron chi connectivity index (χ3n) is 2.88. The Morgan fingerprint density at radius 3 is 2.67 bits per heavy atom. The highest BCUT2D eigenvalue weighted by Crippen LogP contribution is 2.22. The van der Waals surface area contributed by atoms with Gasteiger partial charge in [0.15, 0.2) is 0 Å². The molecule has 2 heteroatoms. The summed E-state index contributed by atoms with van der Waals surface area (Å²) in [4.78, 5) is 4.17. The standard InChI is InChI=1S/C16H18N2/c1-3-5-16(14-6-4-11-17-12-14)18-15-9-7-13(2)8-10-15/h3-4,6-12,16,18H,1,5H2,2H3. The van der Waals surface area contributed by atoms with E-state index < -0.39 is 0 Å². The number of hydrogen-bond donors (Lipinski definition) is 1. The SMILES string of the molecule is C=CCC(Nc1ccc(C)cc1)c1cccnc1. The fourth-order valence-electron chi connectivity index (χ4n) is 1.88. The van der Waals surface area contributed by atoms with Gasteiger partial charge in [0.25, 0.3) is 0 Å². The first-order valence-electron chi connectivity index (χ1n) is 6.13. The highest BCUT2D eigenvalue weighted by molar-refractivity contribution is 5.46. The van der Waals surface area contributed by atoms with Crippen LogP contribution in [0.2, 0.25) is 0 Å². The van der Waals surface area contributed by atoms with Gasteiger partial charge in [-0.1, -0.05) is 29.8 Å².